The number of fused-ring (bicyclic) bond motifs is 1. The molecule has 27 heavy (non-hydrogen) atoms. The number of benzene rings is 1. The molecule has 1 aromatic carbocycles. The van der Waals surface area contributed by atoms with Crippen molar-refractivity contribution in [1.82, 2.24) is 19.8 Å². The van der Waals surface area contributed by atoms with Crippen molar-refractivity contribution in [2.24, 2.45) is 13.0 Å². The highest BCUT2D eigenvalue weighted by atomic mass is 32.1. The van der Waals surface area contributed by atoms with Gasteiger partial charge in [0, 0.05) is 26.1 Å². The largest absolute Gasteiger partial charge is 0.349 e. The number of amides is 2. The van der Waals surface area contributed by atoms with Crippen LogP contribution in [0.4, 0.5) is 0 Å². The first-order chi connectivity index (χ1) is 13.1. The lowest BCUT2D eigenvalue weighted by Gasteiger charge is -2.31. The molecule has 0 spiro atoms. The minimum Gasteiger partial charge on any atom is -0.349 e. The fourth-order valence-electron chi connectivity index (χ4n) is 3.56. The highest BCUT2D eigenvalue weighted by Crippen LogP contribution is 2.21. The predicted molar refractivity (Wildman–Crippen MR) is 106 cm³/mol. The summed E-state index contributed by atoms with van der Waals surface area (Å²) in [7, 11) is 1.96. The van der Waals surface area contributed by atoms with Crippen molar-refractivity contribution in [3.63, 3.8) is 0 Å². The maximum Gasteiger partial charge on any atom is 0.263 e. The summed E-state index contributed by atoms with van der Waals surface area (Å²) < 4.78 is 2.01. The van der Waals surface area contributed by atoms with Crippen molar-refractivity contribution in [3.8, 4) is 0 Å². The molecule has 3 heterocycles. The van der Waals surface area contributed by atoms with Crippen molar-refractivity contribution >= 4 is 34.2 Å². The van der Waals surface area contributed by atoms with E-state index in [-0.39, 0.29) is 17.7 Å². The van der Waals surface area contributed by atoms with E-state index < -0.39 is 0 Å². The average molecular weight is 382 g/mol. The van der Waals surface area contributed by atoms with Gasteiger partial charge in [0.15, 0.2) is 0 Å². The number of para-hydroxylation sites is 2. The normalized spacial score (nSPS) is 15.2. The SMILES string of the molecule is Cn1c(CNC(=O)C2CCN(C(=O)c3cccs3)CC2)nc2ccccc21. The maximum atomic E-state index is 12.6. The van der Waals surface area contributed by atoms with E-state index in [1.54, 1.807) is 0 Å². The van der Waals surface area contributed by atoms with Gasteiger partial charge in [-0.3, -0.25) is 9.59 Å². The number of carbonyl (C=O) groups is 2. The fraction of sp³-hybridized carbons (Fsp3) is 0.350. The van der Waals surface area contributed by atoms with Crippen LogP contribution in [-0.2, 0) is 18.4 Å². The maximum absolute atomic E-state index is 12.6. The van der Waals surface area contributed by atoms with Crippen LogP contribution in [0.1, 0.15) is 28.3 Å². The third-order valence-electron chi connectivity index (χ3n) is 5.19. The topological polar surface area (TPSA) is 67.2 Å². The van der Waals surface area contributed by atoms with Gasteiger partial charge in [0.05, 0.1) is 22.5 Å². The van der Waals surface area contributed by atoms with E-state index in [0.29, 0.717) is 32.5 Å². The van der Waals surface area contributed by atoms with E-state index in [1.165, 1.54) is 11.3 Å². The molecule has 3 aromatic rings. The number of hydrogen-bond donors (Lipinski definition) is 1. The molecule has 4 rings (SSSR count). The van der Waals surface area contributed by atoms with Crippen LogP contribution < -0.4 is 5.32 Å². The van der Waals surface area contributed by atoms with Crippen LogP contribution >= 0.6 is 11.3 Å². The van der Waals surface area contributed by atoms with E-state index in [1.807, 2.05) is 58.3 Å². The lowest BCUT2D eigenvalue weighted by molar-refractivity contribution is -0.126. The molecule has 2 amide bonds. The smallest absolute Gasteiger partial charge is 0.263 e. The summed E-state index contributed by atoms with van der Waals surface area (Å²) in [5, 5.41) is 4.93. The Morgan fingerprint density at radius 2 is 1.96 bits per heavy atom. The summed E-state index contributed by atoms with van der Waals surface area (Å²) in [5.41, 5.74) is 1.99. The zero-order chi connectivity index (χ0) is 18.8. The Morgan fingerprint density at radius 1 is 1.19 bits per heavy atom. The zero-order valence-corrected chi connectivity index (χ0v) is 16.0. The molecular formula is C20H22N4O2S. The standard InChI is InChI=1S/C20H22N4O2S/c1-23-16-6-3-2-5-15(16)22-18(23)13-21-19(25)14-8-10-24(11-9-14)20(26)17-7-4-12-27-17/h2-7,12,14H,8-11,13H2,1H3,(H,21,25). The van der Waals surface area contributed by atoms with Crippen molar-refractivity contribution < 1.29 is 9.59 Å². The highest BCUT2D eigenvalue weighted by Gasteiger charge is 2.28. The lowest BCUT2D eigenvalue weighted by Crippen LogP contribution is -2.42. The Balaban J connectivity index is 1.32. The van der Waals surface area contributed by atoms with E-state index in [0.717, 1.165) is 21.7 Å². The zero-order valence-electron chi connectivity index (χ0n) is 15.2. The molecule has 0 radical (unpaired) electrons. The van der Waals surface area contributed by atoms with Crippen molar-refractivity contribution in [3.05, 3.63) is 52.5 Å². The summed E-state index contributed by atoms with van der Waals surface area (Å²) in [4.78, 5) is 32.2. The number of aromatic nitrogens is 2. The molecule has 140 valence electrons. The first-order valence-corrected chi connectivity index (χ1v) is 10.0. The molecule has 2 aromatic heterocycles. The number of carbonyl (C=O) groups excluding carboxylic acids is 2. The van der Waals surface area contributed by atoms with Crippen LogP contribution in [0, 0.1) is 5.92 Å². The molecule has 1 aliphatic heterocycles. The number of imidazole rings is 1. The molecule has 1 fully saturated rings. The Hall–Kier alpha value is -2.67. The van der Waals surface area contributed by atoms with Crippen LogP contribution in [0.15, 0.2) is 41.8 Å². The van der Waals surface area contributed by atoms with Crippen LogP contribution in [0.3, 0.4) is 0 Å². The van der Waals surface area contributed by atoms with E-state index in [4.69, 9.17) is 0 Å². The van der Waals surface area contributed by atoms with Gasteiger partial charge in [0.25, 0.3) is 5.91 Å². The third-order valence-corrected chi connectivity index (χ3v) is 6.04. The number of thiophene rings is 1. The van der Waals surface area contributed by atoms with Crippen LogP contribution in [0.5, 0.6) is 0 Å². The lowest BCUT2D eigenvalue weighted by atomic mass is 9.96. The van der Waals surface area contributed by atoms with Gasteiger partial charge in [-0.25, -0.2) is 4.98 Å². The Labute approximate surface area is 161 Å². The summed E-state index contributed by atoms with van der Waals surface area (Å²) >= 11 is 1.46. The second kappa shape index (κ2) is 7.52. The summed E-state index contributed by atoms with van der Waals surface area (Å²) in [6.45, 7) is 1.67. The first kappa shape index (κ1) is 17.7. The summed E-state index contributed by atoms with van der Waals surface area (Å²) in [6, 6.07) is 11.7. The Kier molecular flexibility index (Phi) is 4.94. The molecule has 1 N–H and O–H groups in total. The first-order valence-electron chi connectivity index (χ1n) is 9.14. The predicted octanol–water partition coefficient (Wildman–Crippen LogP) is 2.80. The van der Waals surface area contributed by atoms with Crippen LogP contribution in [0.2, 0.25) is 0 Å². The number of rotatable bonds is 4. The molecule has 0 aliphatic carbocycles. The molecule has 7 heteroatoms. The van der Waals surface area contributed by atoms with E-state index in [9.17, 15) is 9.59 Å². The van der Waals surface area contributed by atoms with E-state index >= 15 is 0 Å². The molecule has 1 saturated heterocycles. The molecular weight excluding hydrogens is 360 g/mol. The van der Waals surface area contributed by atoms with Gasteiger partial charge in [0.1, 0.15) is 5.82 Å². The number of likely N-dealkylation sites (tertiary alicyclic amines) is 1. The minimum absolute atomic E-state index is 0.0466. The average Bonchev–Trinajstić information content (AvgIpc) is 3.35. The highest BCUT2D eigenvalue weighted by molar-refractivity contribution is 7.12. The summed E-state index contributed by atoms with van der Waals surface area (Å²) in [5.74, 6) is 0.913. The van der Waals surface area contributed by atoms with Gasteiger partial charge < -0.3 is 14.8 Å². The quantitative estimate of drug-likeness (QED) is 0.754. The van der Waals surface area contributed by atoms with Gasteiger partial charge in [-0.2, -0.15) is 0 Å². The monoisotopic (exact) mass is 382 g/mol. The fourth-order valence-corrected chi connectivity index (χ4v) is 4.26. The van der Waals surface area contributed by atoms with Crippen molar-refractivity contribution in [1.29, 1.82) is 0 Å². The molecule has 1 aliphatic rings. The number of nitrogens with zero attached hydrogens (tertiary/aromatic N) is 3. The number of nitrogens with one attached hydrogen (secondary N) is 1. The second-order valence-electron chi connectivity index (χ2n) is 6.84. The Bertz CT molecular complexity index is 956. The second-order valence-corrected chi connectivity index (χ2v) is 7.79. The minimum atomic E-state index is -0.0490. The summed E-state index contributed by atoms with van der Waals surface area (Å²) in [6.07, 6.45) is 1.40. The van der Waals surface area contributed by atoms with Crippen molar-refractivity contribution in [2.45, 2.75) is 19.4 Å². The third kappa shape index (κ3) is 3.60. The molecule has 0 saturated carbocycles. The van der Waals surface area contributed by atoms with Crippen molar-refractivity contribution in [2.75, 3.05) is 13.1 Å². The van der Waals surface area contributed by atoms with Crippen LogP contribution in [0.25, 0.3) is 11.0 Å². The molecule has 0 bridgehead atoms. The Morgan fingerprint density at radius 3 is 2.67 bits per heavy atom. The van der Waals surface area contributed by atoms with Gasteiger partial charge >= 0.3 is 0 Å². The van der Waals surface area contributed by atoms with Gasteiger partial charge in [-0.15, -0.1) is 11.3 Å². The van der Waals surface area contributed by atoms with Crippen LogP contribution in [-0.4, -0.2) is 39.4 Å². The van der Waals surface area contributed by atoms with E-state index in [2.05, 4.69) is 10.3 Å². The molecule has 0 atom stereocenters. The van der Waals surface area contributed by atoms with Gasteiger partial charge in [0.2, 0.25) is 5.91 Å². The number of piperidine rings is 1. The molecule has 0 unspecified atom stereocenters. The number of hydrogen-bond acceptors (Lipinski definition) is 4. The number of aryl methyl sites for hydroxylation is 1. The van der Waals surface area contributed by atoms with Gasteiger partial charge in [-0.1, -0.05) is 18.2 Å². The molecule has 6 nitrogen and oxygen atoms in total. The van der Waals surface area contributed by atoms with Gasteiger partial charge in [-0.05, 0) is 36.4 Å².